The number of benzene rings is 1. The van der Waals surface area contributed by atoms with Crippen LogP contribution in [0.5, 0.6) is 0 Å². The number of hydrogen-bond acceptors (Lipinski definition) is 5. The van der Waals surface area contributed by atoms with E-state index in [1.807, 2.05) is 0 Å². The summed E-state index contributed by atoms with van der Waals surface area (Å²) in [5.74, 6) is -0.517. The molecule has 1 aliphatic carbocycles. The smallest absolute Gasteiger partial charge is 0.325 e. The van der Waals surface area contributed by atoms with Crippen LogP contribution in [0.4, 0.5) is 4.79 Å². The van der Waals surface area contributed by atoms with E-state index in [-0.39, 0.29) is 35.7 Å². The molecular formula is C22H32N4O5S. The number of rotatable bonds is 9. The molecule has 1 heterocycles. The summed E-state index contributed by atoms with van der Waals surface area (Å²) in [6.45, 7) is 6.20. The highest BCUT2D eigenvalue weighted by molar-refractivity contribution is 7.89. The Hall–Kier alpha value is -2.46. The molecule has 0 radical (unpaired) electrons. The quantitative estimate of drug-likeness (QED) is 0.543. The van der Waals surface area contributed by atoms with Crippen LogP contribution in [0.25, 0.3) is 0 Å². The molecule has 1 aliphatic heterocycles. The molecule has 1 saturated carbocycles. The van der Waals surface area contributed by atoms with Crippen molar-refractivity contribution in [3.05, 3.63) is 29.8 Å². The molecule has 4 amide bonds. The minimum absolute atomic E-state index is 0.00794. The van der Waals surface area contributed by atoms with Crippen molar-refractivity contribution in [2.45, 2.75) is 69.4 Å². The van der Waals surface area contributed by atoms with Gasteiger partial charge in [-0.05, 0) is 37.5 Å². The standard InChI is InChI=1S/C22H32N4O5S/c1-4-25(5-2)32(30,31)18-10-8-17(9-11-18)16(3)23-19(27)12-15-26-20(28)22(24-21(26)29)13-6-7-14-22/h8-11,16H,4-7,12-15H2,1-3H3,(H,23,27)(H,24,29)/t16-/m0/s1. The molecule has 3 rings (SSSR count). The van der Waals surface area contributed by atoms with Gasteiger partial charge in [0.25, 0.3) is 5.91 Å². The van der Waals surface area contributed by atoms with E-state index in [4.69, 9.17) is 0 Å². The van der Waals surface area contributed by atoms with Crippen molar-refractivity contribution in [1.29, 1.82) is 0 Å². The van der Waals surface area contributed by atoms with Crippen LogP contribution in [0, 0.1) is 0 Å². The Morgan fingerprint density at radius 2 is 1.75 bits per heavy atom. The summed E-state index contributed by atoms with van der Waals surface area (Å²) in [7, 11) is -3.53. The summed E-state index contributed by atoms with van der Waals surface area (Å²) < 4.78 is 26.6. The Bertz CT molecular complexity index is 967. The zero-order valence-corrected chi connectivity index (χ0v) is 19.7. The van der Waals surface area contributed by atoms with Gasteiger partial charge >= 0.3 is 6.03 Å². The van der Waals surface area contributed by atoms with E-state index in [1.165, 1.54) is 4.31 Å². The maximum atomic E-state index is 12.7. The van der Waals surface area contributed by atoms with Gasteiger partial charge < -0.3 is 10.6 Å². The van der Waals surface area contributed by atoms with Crippen LogP contribution in [0.1, 0.15) is 64.5 Å². The second-order valence-corrected chi connectivity index (χ2v) is 10.3. The molecule has 32 heavy (non-hydrogen) atoms. The highest BCUT2D eigenvalue weighted by Gasteiger charge is 2.52. The van der Waals surface area contributed by atoms with Crippen LogP contribution in [0.15, 0.2) is 29.2 Å². The van der Waals surface area contributed by atoms with Crippen LogP contribution in [0.2, 0.25) is 0 Å². The van der Waals surface area contributed by atoms with Gasteiger partial charge in [-0.15, -0.1) is 0 Å². The van der Waals surface area contributed by atoms with Crippen molar-refractivity contribution < 1.29 is 22.8 Å². The first-order chi connectivity index (χ1) is 15.1. The van der Waals surface area contributed by atoms with E-state index < -0.39 is 21.6 Å². The average Bonchev–Trinajstić information content (AvgIpc) is 3.32. The van der Waals surface area contributed by atoms with Gasteiger partial charge in [-0.3, -0.25) is 14.5 Å². The molecule has 0 unspecified atom stereocenters. The number of urea groups is 1. The number of hydrogen-bond donors (Lipinski definition) is 2. The molecule has 1 saturated heterocycles. The Morgan fingerprint density at radius 3 is 2.31 bits per heavy atom. The molecule has 1 aromatic carbocycles. The largest absolute Gasteiger partial charge is 0.350 e. The van der Waals surface area contributed by atoms with Crippen molar-refractivity contribution in [2.75, 3.05) is 19.6 Å². The Kier molecular flexibility index (Phi) is 7.24. The summed E-state index contributed by atoms with van der Waals surface area (Å²) in [6.07, 6.45) is 3.13. The van der Waals surface area contributed by atoms with Crippen LogP contribution in [-0.2, 0) is 19.6 Å². The second kappa shape index (κ2) is 9.58. The number of nitrogens with one attached hydrogen (secondary N) is 2. The molecule has 0 bridgehead atoms. The number of carbonyl (C=O) groups is 3. The zero-order chi connectivity index (χ0) is 23.5. The van der Waals surface area contributed by atoms with Crippen molar-refractivity contribution in [2.24, 2.45) is 0 Å². The lowest BCUT2D eigenvalue weighted by atomic mass is 9.98. The summed E-state index contributed by atoms with van der Waals surface area (Å²) in [4.78, 5) is 38.6. The molecule has 1 spiro atoms. The van der Waals surface area contributed by atoms with Gasteiger partial charge in [0.2, 0.25) is 15.9 Å². The van der Waals surface area contributed by atoms with Crippen molar-refractivity contribution in [3.8, 4) is 0 Å². The SMILES string of the molecule is CCN(CC)S(=O)(=O)c1ccc([C@H](C)NC(=O)CCN2C(=O)NC3(CCCC3)C2=O)cc1. The minimum atomic E-state index is -3.53. The maximum absolute atomic E-state index is 12.7. The number of carbonyl (C=O) groups excluding carboxylic acids is 3. The van der Waals surface area contributed by atoms with Gasteiger partial charge in [0.1, 0.15) is 5.54 Å². The predicted molar refractivity (Wildman–Crippen MR) is 119 cm³/mol. The zero-order valence-electron chi connectivity index (χ0n) is 18.9. The molecule has 2 N–H and O–H groups in total. The highest BCUT2D eigenvalue weighted by Crippen LogP contribution is 2.35. The Labute approximate surface area is 189 Å². The lowest BCUT2D eigenvalue weighted by Gasteiger charge is -2.20. The van der Waals surface area contributed by atoms with Gasteiger partial charge in [-0.2, -0.15) is 4.31 Å². The monoisotopic (exact) mass is 464 g/mol. The van der Waals surface area contributed by atoms with Gasteiger partial charge in [0, 0.05) is 26.1 Å². The number of amides is 4. The van der Waals surface area contributed by atoms with E-state index in [0.29, 0.717) is 25.9 Å². The van der Waals surface area contributed by atoms with Crippen LogP contribution >= 0.6 is 0 Å². The Morgan fingerprint density at radius 1 is 1.16 bits per heavy atom. The van der Waals surface area contributed by atoms with Crippen LogP contribution in [0.3, 0.4) is 0 Å². The first-order valence-electron chi connectivity index (χ1n) is 11.2. The number of imide groups is 1. The minimum Gasteiger partial charge on any atom is -0.350 e. The normalized spacial score (nSPS) is 18.9. The fraction of sp³-hybridized carbons (Fsp3) is 0.591. The summed E-state index contributed by atoms with van der Waals surface area (Å²) in [6, 6.07) is 5.67. The third-order valence-electron chi connectivity index (χ3n) is 6.37. The predicted octanol–water partition coefficient (Wildman–Crippen LogP) is 2.15. The summed E-state index contributed by atoms with van der Waals surface area (Å²) in [5, 5.41) is 5.65. The van der Waals surface area contributed by atoms with Gasteiger partial charge in [0.15, 0.2) is 0 Å². The van der Waals surface area contributed by atoms with Crippen LogP contribution in [-0.4, -0.2) is 60.6 Å². The highest BCUT2D eigenvalue weighted by atomic mass is 32.2. The molecule has 0 aromatic heterocycles. The lowest BCUT2D eigenvalue weighted by Crippen LogP contribution is -2.44. The summed E-state index contributed by atoms with van der Waals surface area (Å²) in [5.41, 5.74) is -0.00890. The molecule has 176 valence electrons. The van der Waals surface area contributed by atoms with E-state index in [2.05, 4.69) is 10.6 Å². The van der Waals surface area contributed by atoms with Crippen molar-refractivity contribution >= 4 is 27.9 Å². The average molecular weight is 465 g/mol. The van der Waals surface area contributed by atoms with E-state index in [9.17, 15) is 22.8 Å². The van der Waals surface area contributed by atoms with E-state index in [1.54, 1.807) is 45.0 Å². The fourth-order valence-corrected chi connectivity index (χ4v) is 5.91. The molecule has 9 nitrogen and oxygen atoms in total. The van der Waals surface area contributed by atoms with E-state index >= 15 is 0 Å². The molecule has 1 aromatic rings. The van der Waals surface area contributed by atoms with Gasteiger partial charge in [-0.1, -0.05) is 38.8 Å². The first-order valence-corrected chi connectivity index (χ1v) is 12.6. The fourth-order valence-electron chi connectivity index (χ4n) is 4.45. The first kappa shape index (κ1) is 24.2. The topological polar surface area (TPSA) is 116 Å². The lowest BCUT2D eigenvalue weighted by molar-refractivity contribution is -0.131. The summed E-state index contributed by atoms with van der Waals surface area (Å²) >= 11 is 0. The molecule has 2 aliphatic rings. The van der Waals surface area contributed by atoms with Crippen LogP contribution < -0.4 is 10.6 Å². The van der Waals surface area contributed by atoms with Gasteiger partial charge in [-0.25, -0.2) is 13.2 Å². The Balaban J connectivity index is 1.56. The third kappa shape index (κ3) is 4.66. The number of nitrogens with zero attached hydrogens (tertiary/aromatic N) is 2. The van der Waals surface area contributed by atoms with Crippen molar-refractivity contribution in [1.82, 2.24) is 19.8 Å². The third-order valence-corrected chi connectivity index (χ3v) is 8.43. The maximum Gasteiger partial charge on any atom is 0.325 e. The molecular weight excluding hydrogens is 432 g/mol. The van der Waals surface area contributed by atoms with Crippen molar-refractivity contribution in [3.63, 3.8) is 0 Å². The second-order valence-electron chi connectivity index (χ2n) is 8.37. The molecule has 10 heteroatoms. The van der Waals surface area contributed by atoms with Gasteiger partial charge in [0.05, 0.1) is 10.9 Å². The number of sulfonamides is 1. The molecule has 2 fully saturated rings. The van der Waals surface area contributed by atoms with E-state index in [0.717, 1.165) is 23.3 Å². The molecule has 1 atom stereocenters.